The highest BCUT2D eigenvalue weighted by Crippen LogP contribution is 2.19. The molecule has 2 heteroatoms. The molecule has 0 spiro atoms. The molecule has 0 amide bonds. The summed E-state index contributed by atoms with van der Waals surface area (Å²) in [5, 5.41) is 0. The van der Waals surface area contributed by atoms with Crippen LogP contribution in [0.1, 0.15) is 46.0 Å². The fourth-order valence-electron chi connectivity index (χ4n) is 1.66. The average Bonchev–Trinajstić information content (AvgIpc) is 2.36. The first-order chi connectivity index (χ1) is 5.58. The van der Waals surface area contributed by atoms with E-state index >= 15 is 0 Å². The fourth-order valence-corrected chi connectivity index (χ4v) is 1.66. The van der Waals surface area contributed by atoms with Gasteiger partial charge in [-0.25, -0.2) is 0 Å². The molecule has 1 aliphatic rings. The van der Waals surface area contributed by atoms with E-state index in [-0.39, 0.29) is 5.54 Å². The molecule has 0 saturated carbocycles. The third-order valence-electron chi connectivity index (χ3n) is 2.37. The second-order valence-electron chi connectivity index (χ2n) is 4.52. The average molecular weight is 171 g/mol. The van der Waals surface area contributed by atoms with Crippen molar-refractivity contribution in [3.8, 4) is 0 Å². The molecule has 2 N–H and O–H groups in total. The van der Waals surface area contributed by atoms with E-state index in [9.17, 15) is 0 Å². The molecular weight excluding hydrogens is 150 g/mol. The maximum atomic E-state index is 5.88. The zero-order valence-electron chi connectivity index (χ0n) is 8.31. The first kappa shape index (κ1) is 10.0. The summed E-state index contributed by atoms with van der Waals surface area (Å²) < 4.78 is 5.53. The zero-order chi connectivity index (χ0) is 9.03. The van der Waals surface area contributed by atoms with E-state index in [0.717, 1.165) is 13.0 Å². The lowest BCUT2D eigenvalue weighted by Crippen LogP contribution is -2.31. The summed E-state index contributed by atoms with van der Waals surface area (Å²) in [6.45, 7) is 5.14. The smallest absolute Gasteiger partial charge is 0.0576 e. The molecule has 0 radical (unpaired) electrons. The largest absolute Gasteiger partial charge is 0.378 e. The van der Waals surface area contributed by atoms with Crippen molar-refractivity contribution in [2.75, 3.05) is 6.61 Å². The Morgan fingerprint density at radius 2 is 2.25 bits per heavy atom. The molecule has 1 atom stereocenters. The molecule has 2 nitrogen and oxygen atoms in total. The van der Waals surface area contributed by atoms with E-state index in [1.807, 2.05) is 0 Å². The molecule has 1 aliphatic heterocycles. The highest BCUT2D eigenvalue weighted by Gasteiger charge is 2.16. The molecule has 1 unspecified atom stereocenters. The molecule has 0 aromatic carbocycles. The molecule has 1 fully saturated rings. The van der Waals surface area contributed by atoms with Gasteiger partial charge in [0.2, 0.25) is 0 Å². The van der Waals surface area contributed by atoms with Crippen LogP contribution >= 0.6 is 0 Å². The second-order valence-corrected chi connectivity index (χ2v) is 4.52. The maximum absolute atomic E-state index is 5.88. The first-order valence-corrected chi connectivity index (χ1v) is 4.98. The monoisotopic (exact) mass is 171 g/mol. The summed E-state index contributed by atoms with van der Waals surface area (Å²) >= 11 is 0. The van der Waals surface area contributed by atoms with Gasteiger partial charge in [0.05, 0.1) is 6.10 Å². The minimum Gasteiger partial charge on any atom is -0.378 e. The van der Waals surface area contributed by atoms with Gasteiger partial charge in [-0.05, 0) is 46.0 Å². The van der Waals surface area contributed by atoms with Gasteiger partial charge in [-0.3, -0.25) is 0 Å². The van der Waals surface area contributed by atoms with Crippen molar-refractivity contribution in [1.82, 2.24) is 0 Å². The summed E-state index contributed by atoms with van der Waals surface area (Å²) in [7, 11) is 0. The van der Waals surface area contributed by atoms with Crippen molar-refractivity contribution in [3.05, 3.63) is 0 Å². The first-order valence-electron chi connectivity index (χ1n) is 4.98. The summed E-state index contributed by atoms with van der Waals surface area (Å²) in [5.74, 6) is 0. The van der Waals surface area contributed by atoms with E-state index in [4.69, 9.17) is 10.5 Å². The molecule has 72 valence electrons. The fraction of sp³-hybridized carbons (Fsp3) is 1.00. The molecule has 0 aromatic rings. The number of hydrogen-bond acceptors (Lipinski definition) is 2. The van der Waals surface area contributed by atoms with Crippen molar-refractivity contribution >= 4 is 0 Å². The van der Waals surface area contributed by atoms with Gasteiger partial charge in [0.1, 0.15) is 0 Å². The highest BCUT2D eigenvalue weighted by molar-refractivity contribution is 4.73. The quantitative estimate of drug-likeness (QED) is 0.702. The van der Waals surface area contributed by atoms with Crippen LogP contribution in [0.3, 0.4) is 0 Å². The number of nitrogens with two attached hydrogens (primary N) is 1. The van der Waals surface area contributed by atoms with Gasteiger partial charge in [0, 0.05) is 12.1 Å². The Kier molecular flexibility index (Phi) is 3.53. The van der Waals surface area contributed by atoms with Crippen LogP contribution in [0.5, 0.6) is 0 Å². The van der Waals surface area contributed by atoms with Crippen molar-refractivity contribution < 1.29 is 4.74 Å². The molecule has 0 aliphatic carbocycles. The summed E-state index contributed by atoms with van der Waals surface area (Å²) in [6.07, 6.45) is 6.54. The van der Waals surface area contributed by atoms with Gasteiger partial charge < -0.3 is 10.5 Å². The van der Waals surface area contributed by atoms with Crippen LogP contribution in [0.15, 0.2) is 0 Å². The Morgan fingerprint density at radius 1 is 1.50 bits per heavy atom. The molecular formula is C10H21NO. The molecule has 1 rings (SSSR count). The Bertz CT molecular complexity index is 122. The van der Waals surface area contributed by atoms with Gasteiger partial charge in [0.25, 0.3) is 0 Å². The van der Waals surface area contributed by atoms with E-state index < -0.39 is 0 Å². The molecule has 1 saturated heterocycles. The highest BCUT2D eigenvalue weighted by atomic mass is 16.5. The van der Waals surface area contributed by atoms with Crippen LogP contribution in [0, 0.1) is 0 Å². The molecule has 1 heterocycles. The summed E-state index contributed by atoms with van der Waals surface area (Å²) in [5.41, 5.74) is 5.88. The maximum Gasteiger partial charge on any atom is 0.0576 e. The van der Waals surface area contributed by atoms with Crippen molar-refractivity contribution in [2.45, 2.75) is 57.6 Å². The van der Waals surface area contributed by atoms with Crippen LogP contribution in [0.2, 0.25) is 0 Å². The van der Waals surface area contributed by atoms with Crippen LogP contribution in [0.4, 0.5) is 0 Å². The van der Waals surface area contributed by atoms with E-state index in [1.54, 1.807) is 0 Å². The topological polar surface area (TPSA) is 35.2 Å². The third-order valence-corrected chi connectivity index (χ3v) is 2.37. The van der Waals surface area contributed by atoms with Crippen LogP contribution in [-0.2, 0) is 4.74 Å². The molecule has 0 bridgehead atoms. The molecule has 12 heavy (non-hydrogen) atoms. The predicted octanol–water partition coefficient (Wildman–Crippen LogP) is 2.07. The van der Waals surface area contributed by atoms with E-state index in [2.05, 4.69) is 13.8 Å². The van der Waals surface area contributed by atoms with Crippen molar-refractivity contribution in [1.29, 1.82) is 0 Å². The summed E-state index contributed by atoms with van der Waals surface area (Å²) in [6, 6.07) is 0. The minimum absolute atomic E-state index is 0.00138. The van der Waals surface area contributed by atoms with E-state index in [1.165, 1.54) is 25.7 Å². The summed E-state index contributed by atoms with van der Waals surface area (Å²) in [4.78, 5) is 0. The Labute approximate surface area is 75.5 Å². The van der Waals surface area contributed by atoms with Gasteiger partial charge in [0.15, 0.2) is 0 Å². The zero-order valence-corrected chi connectivity index (χ0v) is 8.31. The Morgan fingerprint density at radius 3 is 2.75 bits per heavy atom. The molecule has 0 aromatic heterocycles. The Hall–Kier alpha value is -0.0800. The predicted molar refractivity (Wildman–Crippen MR) is 51.1 cm³/mol. The lowest BCUT2D eigenvalue weighted by molar-refractivity contribution is 0.101. The van der Waals surface area contributed by atoms with Gasteiger partial charge in [-0.1, -0.05) is 0 Å². The van der Waals surface area contributed by atoms with Crippen LogP contribution in [-0.4, -0.2) is 18.2 Å². The van der Waals surface area contributed by atoms with Gasteiger partial charge in [-0.15, -0.1) is 0 Å². The third kappa shape index (κ3) is 4.07. The number of ether oxygens (including phenoxy) is 1. The van der Waals surface area contributed by atoms with Gasteiger partial charge in [-0.2, -0.15) is 0 Å². The lowest BCUT2D eigenvalue weighted by atomic mass is 9.97. The standard InChI is InChI=1S/C10H21NO/c1-10(2,11)7-3-5-9-6-4-8-12-9/h9H,3-8,11H2,1-2H3. The Balaban J connectivity index is 2.02. The van der Waals surface area contributed by atoms with Gasteiger partial charge >= 0.3 is 0 Å². The lowest BCUT2D eigenvalue weighted by Gasteiger charge is -2.19. The van der Waals surface area contributed by atoms with E-state index in [0.29, 0.717) is 6.10 Å². The van der Waals surface area contributed by atoms with Crippen molar-refractivity contribution in [2.24, 2.45) is 5.73 Å². The minimum atomic E-state index is -0.00138. The van der Waals surface area contributed by atoms with Crippen LogP contribution < -0.4 is 5.73 Å². The number of hydrogen-bond donors (Lipinski definition) is 1. The normalized spacial score (nSPS) is 24.8. The van der Waals surface area contributed by atoms with Crippen LogP contribution in [0.25, 0.3) is 0 Å². The second kappa shape index (κ2) is 4.24. The number of rotatable bonds is 4. The van der Waals surface area contributed by atoms with Crippen molar-refractivity contribution in [3.63, 3.8) is 0 Å². The SMILES string of the molecule is CC(C)(N)CCCC1CCCO1.